The van der Waals surface area contributed by atoms with Crippen molar-refractivity contribution in [3.05, 3.63) is 41.6 Å². The number of aryl methyl sites for hydroxylation is 1. The summed E-state index contributed by atoms with van der Waals surface area (Å²) in [6, 6.07) is 9.39. The summed E-state index contributed by atoms with van der Waals surface area (Å²) in [6.45, 7) is 0. The van der Waals surface area contributed by atoms with E-state index in [0.717, 1.165) is 16.9 Å². The summed E-state index contributed by atoms with van der Waals surface area (Å²) in [5, 5.41) is 0.535. The third kappa shape index (κ3) is 1.54. The van der Waals surface area contributed by atoms with E-state index in [9.17, 15) is 0 Å². The fourth-order valence-corrected chi connectivity index (χ4v) is 2.17. The zero-order valence-corrected chi connectivity index (χ0v) is 10.5. The first-order valence-electron chi connectivity index (χ1n) is 5.50. The number of pyridine rings is 1. The number of benzene rings is 1. The monoisotopic (exact) mass is 258 g/mol. The smallest absolute Gasteiger partial charge is 0.178 e. The van der Waals surface area contributed by atoms with Gasteiger partial charge < -0.3 is 10.3 Å². The molecule has 0 atom stereocenters. The van der Waals surface area contributed by atoms with Crippen molar-refractivity contribution in [3.8, 4) is 11.4 Å². The summed E-state index contributed by atoms with van der Waals surface area (Å²) in [5.74, 6) is 0.767. The zero-order valence-electron chi connectivity index (χ0n) is 9.76. The van der Waals surface area contributed by atoms with Gasteiger partial charge in [0.2, 0.25) is 0 Å². The van der Waals surface area contributed by atoms with Crippen LogP contribution >= 0.6 is 11.6 Å². The Labute approximate surface area is 109 Å². The van der Waals surface area contributed by atoms with Crippen LogP contribution in [0.15, 0.2) is 36.5 Å². The van der Waals surface area contributed by atoms with Gasteiger partial charge in [0.05, 0.1) is 16.2 Å². The molecule has 0 unspecified atom stereocenters. The number of nitrogen functional groups attached to an aromatic ring is 1. The maximum Gasteiger partial charge on any atom is 0.178 e. The average Bonchev–Trinajstić information content (AvgIpc) is 2.71. The predicted octanol–water partition coefficient (Wildman–Crippen LogP) is 2.87. The summed E-state index contributed by atoms with van der Waals surface area (Å²) >= 11 is 6.04. The highest BCUT2D eigenvalue weighted by molar-refractivity contribution is 6.33. The topological polar surface area (TPSA) is 56.7 Å². The van der Waals surface area contributed by atoms with Crippen molar-refractivity contribution >= 4 is 28.5 Å². The number of anilines is 1. The van der Waals surface area contributed by atoms with Gasteiger partial charge >= 0.3 is 0 Å². The highest BCUT2D eigenvalue weighted by atomic mass is 35.5. The van der Waals surface area contributed by atoms with E-state index in [1.807, 2.05) is 35.9 Å². The Kier molecular flexibility index (Phi) is 2.45. The lowest BCUT2D eigenvalue weighted by atomic mass is 10.1. The van der Waals surface area contributed by atoms with Gasteiger partial charge in [0.15, 0.2) is 5.65 Å². The molecule has 1 aromatic carbocycles. The van der Waals surface area contributed by atoms with E-state index in [0.29, 0.717) is 16.4 Å². The fourth-order valence-electron chi connectivity index (χ4n) is 2.00. The average molecular weight is 259 g/mol. The maximum absolute atomic E-state index is 6.04. The van der Waals surface area contributed by atoms with Crippen molar-refractivity contribution in [2.75, 3.05) is 5.73 Å². The van der Waals surface area contributed by atoms with Crippen LogP contribution in [-0.4, -0.2) is 14.5 Å². The summed E-state index contributed by atoms with van der Waals surface area (Å²) in [6.07, 6.45) is 1.72. The van der Waals surface area contributed by atoms with Crippen LogP contribution in [0, 0.1) is 0 Å². The number of hydrogen-bond donors (Lipinski definition) is 1. The van der Waals surface area contributed by atoms with Gasteiger partial charge in [-0.25, -0.2) is 9.97 Å². The van der Waals surface area contributed by atoms with E-state index in [1.165, 1.54) is 0 Å². The molecule has 0 spiro atoms. The minimum Gasteiger partial charge on any atom is -0.397 e. The lowest BCUT2D eigenvalue weighted by Crippen LogP contribution is -1.97. The molecule has 3 rings (SSSR count). The number of halogens is 1. The molecular weight excluding hydrogens is 248 g/mol. The molecule has 0 saturated heterocycles. The molecule has 3 aromatic rings. The van der Waals surface area contributed by atoms with Gasteiger partial charge in [-0.2, -0.15) is 0 Å². The molecule has 0 aliphatic heterocycles. The highest BCUT2D eigenvalue weighted by Gasteiger charge is 2.13. The van der Waals surface area contributed by atoms with Gasteiger partial charge in [-0.3, -0.25) is 0 Å². The summed E-state index contributed by atoms with van der Waals surface area (Å²) in [7, 11) is 1.94. The quantitative estimate of drug-likeness (QED) is 0.683. The number of hydrogen-bond acceptors (Lipinski definition) is 3. The van der Waals surface area contributed by atoms with E-state index in [2.05, 4.69) is 9.97 Å². The largest absolute Gasteiger partial charge is 0.397 e. The zero-order chi connectivity index (χ0) is 12.7. The molecule has 0 bridgehead atoms. The maximum atomic E-state index is 6.04. The van der Waals surface area contributed by atoms with Gasteiger partial charge in [-0.15, -0.1) is 0 Å². The SMILES string of the molecule is Cn1c(-c2cccc(Cl)c2N)nc2ncccc21. The molecule has 0 amide bonds. The van der Waals surface area contributed by atoms with Crippen molar-refractivity contribution in [1.82, 2.24) is 14.5 Å². The van der Waals surface area contributed by atoms with Crippen molar-refractivity contribution < 1.29 is 0 Å². The molecule has 0 radical (unpaired) electrons. The Morgan fingerprint density at radius 1 is 1.22 bits per heavy atom. The Hall–Kier alpha value is -2.07. The minimum absolute atomic E-state index is 0.535. The molecule has 0 aliphatic carbocycles. The van der Waals surface area contributed by atoms with E-state index >= 15 is 0 Å². The number of nitrogens with zero attached hydrogens (tertiary/aromatic N) is 3. The summed E-state index contributed by atoms with van der Waals surface area (Å²) in [4.78, 5) is 8.73. The Morgan fingerprint density at radius 3 is 2.83 bits per heavy atom. The highest BCUT2D eigenvalue weighted by Crippen LogP contribution is 2.31. The third-order valence-electron chi connectivity index (χ3n) is 2.95. The van der Waals surface area contributed by atoms with E-state index in [4.69, 9.17) is 17.3 Å². The Morgan fingerprint density at radius 2 is 2.06 bits per heavy atom. The van der Waals surface area contributed by atoms with Crippen LogP contribution in [0.1, 0.15) is 0 Å². The fraction of sp³-hybridized carbons (Fsp3) is 0.0769. The number of para-hydroxylation sites is 1. The lowest BCUT2D eigenvalue weighted by molar-refractivity contribution is 0.960. The van der Waals surface area contributed by atoms with Crippen LogP contribution in [0.25, 0.3) is 22.6 Å². The van der Waals surface area contributed by atoms with Gasteiger partial charge in [0, 0.05) is 18.8 Å². The van der Waals surface area contributed by atoms with Crippen LogP contribution in [0.2, 0.25) is 5.02 Å². The van der Waals surface area contributed by atoms with Gasteiger partial charge in [0.1, 0.15) is 5.82 Å². The molecule has 4 nitrogen and oxygen atoms in total. The molecule has 2 aromatic heterocycles. The van der Waals surface area contributed by atoms with Gasteiger partial charge in [0.25, 0.3) is 0 Å². The molecule has 0 fully saturated rings. The first kappa shape index (κ1) is 11.0. The van der Waals surface area contributed by atoms with Crippen LogP contribution in [0.5, 0.6) is 0 Å². The second-order valence-electron chi connectivity index (χ2n) is 4.04. The molecule has 2 heterocycles. The molecule has 90 valence electrons. The molecule has 18 heavy (non-hydrogen) atoms. The molecular formula is C13H11ClN4. The third-order valence-corrected chi connectivity index (χ3v) is 3.28. The van der Waals surface area contributed by atoms with Gasteiger partial charge in [-0.1, -0.05) is 17.7 Å². The Bertz CT molecular complexity index is 733. The van der Waals surface area contributed by atoms with E-state index < -0.39 is 0 Å². The second kappa shape index (κ2) is 3.99. The number of imidazole rings is 1. The van der Waals surface area contributed by atoms with E-state index in [1.54, 1.807) is 12.3 Å². The van der Waals surface area contributed by atoms with Crippen LogP contribution in [-0.2, 0) is 7.05 Å². The predicted molar refractivity (Wildman–Crippen MR) is 73.4 cm³/mol. The minimum atomic E-state index is 0.535. The second-order valence-corrected chi connectivity index (χ2v) is 4.45. The lowest BCUT2D eigenvalue weighted by Gasteiger charge is -2.06. The van der Waals surface area contributed by atoms with Gasteiger partial charge in [-0.05, 0) is 24.3 Å². The van der Waals surface area contributed by atoms with Crippen LogP contribution in [0.3, 0.4) is 0 Å². The van der Waals surface area contributed by atoms with Crippen molar-refractivity contribution in [2.24, 2.45) is 7.05 Å². The van der Waals surface area contributed by atoms with Crippen LogP contribution < -0.4 is 5.73 Å². The number of aromatic nitrogens is 3. The summed E-state index contributed by atoms with van der Waals surface area (Å²) < 4.78 is 1.96. The molecule has 0 aliphatic rings. The Balaban J connectivity index is 2.32. The molecule has 0 saturated carbocycles. The number of nitrogens with two attached hydrogens (primary N) is 1. The van der Waals surface area contributed by atoms with Crippen molar-refractivity contribution in [1.29, 1.82) is 0 Å². The standard InChI is InChI=1S/C13H11ClN4/c1-18-10-6-3-7-16-12(10)17-13(18)8-4-2-5-9(14)11(8)15/h2-7H,15H2,1H3. The van der Waals surface area contributed by atoms with E-state index in [-0.39, 0.29) is 0 Å². The first-order chi connectivity index (χ1) is 8.68. The first-order valence-corrected chi connectivity index (χ1v) is 5.88. The molecule has 5 heteroatoms. The molecule has 2 N–H and O–H groups in total. The van der Waals surface area contributed by atoms with Crippen molar-refractivity contribution in [3.63, 3.8) is 0 Å². The van der Waals surface area contributed by atoms with Crippen LogP contribution in [0.4, 0.5) is 5.69 Å². The number of rotatable bonds is 1. The summed E-state index contributed by atoms with van der Waals surface area (Å²) in [5.41, 5.74) is 9.03. The number of fused-ring (bicyclic) bond motifs is 1. The normalized spacial score (nSPS) is 11.0. The van der Waals surface area contributed by atoms with Crippen molar-refractivity contribution in [2.45, 2.75) is 0 Å².